The minimum Gasteiger partial charge on any atom is -0.222 e. The zero-order valence-electron chi connectivity index (χ0n) is 10.9. The first kappa shape index (κ1) is 14.5. The number of rotatable bonds is 3. The van der Waals surface area contributed by atoms with E-state index in [2.05, 4.69) is 5.10 Å². The second kappa shape index (κ2) is 6.10. The Kier molecular flexibility index (Phi) is 4.20. The topological polar surface area (TPSA) is 17.8 Å². The van der Waals surface area contributed by atoms with Gasteiger partial charge in [0.15, 0.2) is 0 Å². The fourth-order valence-corrected chi connectivity index (χ4v) is 2.81. The predicted molar refractivity (Wildman–Crippen MR) is 88.6 cm³/mol. The maximum Gasteiger partial charge on any atom is 0.137 e. The number of alkyl halides is 1. The fraction of sp³-hybridized carbons (Fsp3) is 0.0625. The molecule has 2 aromatic carbocycles. The van der Waals surface area contributed by atoms with Crippen molar-refractivity contribution in [2.75, 3.05) is 0 Å². The number of hydrogen-bond acceptors (Lipinski definition) is 1. The smallest absolute Gasteiger partial charge is 0.137 e. The second-order valence-electron chi connectivity index (χ2n) is 4.56. The molecule has 0 aliphatic heterocycles. The van der Waals surface area contributed by atoms with E-state index in [-0.39, 0.29) is 0 Å². The van der Waals surface area contributed by atoms with E-state index < -0.39 is 0 Å². The standard InChI is InChI=1S/C16H11Cl3N2/c17-9-13-10-20-21(16(13)19)15-6-4-11(5-7-15)12-2-1-3-14(18)8-12/h1-8,10H,9H2. The Labute approximate surface area is 137 Å². The third kappa shape index (κ3) is 2.93. The van der Waals surface area contributed by atoms with Crippen LogP contribution in [-0.4, -0.2) is 9.78 Å². The number of aromatic nitrogens is 2. The van der Waals surface area contributed by atoms with Gasteiger partial charge in [-0.05, 0) is 35.4 Å². The molecule has 0 fully saturated rings. The summed E-state index contributed by atoms with van der Waals surface area (Å²) >= 11 is 18.1. The van der Waals surface area contributed by atoms with Gasteiger partial charge in [-0.2, -0.15) is 5.10 Å². The molecule has 1 heterocycles. The average molecular weight is 338 g/mol. The van der Waals surface area contributed by atoms with Crippen molar-refractivity contribution in [2.24, 2.45) is 0 Å². The molecular formula is C16H11Cl3N2. The predicted octanol–water partition coefficient (Wildman–Crippen LogP) is 5.58. The van der Waals surface area contributed by atoms with Gasteiger partial charge in [0.1, 0.15) is 5.15 Å². The molecule has 0 bridgehead atoms. The molecule has 0 aliphatic rings. The summed E-state index contributed by atoms with van der Waals surface area (Å²) < 4.78 is 1.67. The molecule has 0 spiro atoms. The Hall–Kier alpha value is -1.48. The highest BCUT2D eigenvalue weighted by Crippen LogP contribution is 2.26. The molecule has 21 heavy (non-hydrogen) atoms. The highest BCUT2D eigenvalue weighted by Gasteiger charge is 2.09. The van der Waals surface area contributed by atoms with Crippen LogP contribution in [0, 0.1) is 0 Å². The lowest BCUT2D eigenvalue weighted by Gasteiger charge is -2.06. The zero-order chi connectivity index (χ0) is 14.8. The lowest BCUT2D eigenvalue weighted by Crippen LogP contribution is -1.96. The maximum atomic E-state index is 6.24. The molecule has 3 rings (SSSR count). The van der Waals surface area contributed by atoms with Gasteiger partial charge in [-0.15, -0.1) is 11.6 Å². The number of benzene rings is 2. The molecule has 2 nitrogen and oxygen atoms in total. The van der Waals surface area contributed by atoms with Crippen LogP contribution in [0.15, 0.2) is 54.7 Å². The summed E-state index contributed by atoms with van der Waals surface area (Å²) in [6, 6.07) is 15.7. The summed E-state index contributed by atoms with van der Waals surface area (Å²) in [5, 5.41) is 5.52. The third-order valence-electron chi connectivity index (χ3n) is 3.19. The second-order valence-corrected chi connectivity index (χ2v) is 5.62. The maximum absolute atomic E-state index is 6.24. The lowest BCUT2D eigenvalue weighted by molar-refractivity contribution is 0.881. The summed E-state index contributed by atoms with van der Waals surface area (Å²) in [5.41, 5.74) is 3.86. The van der Waals surface area contributed by atoms with Gasteiger partial charge in [0.05, 0.1) is 17.8 Å². The van der Waals surface area contributed by atoms with Crippen molar-refractivity contribution < 1.29 is 0 Å². The van der Waals surface area contributed by atoms with E-state index in [9.17, 15) is 0 Å². The number of nitrogens with zero attached hydrogens (tertiary/aromatic N) is 2. The van der Waals surface area contributed by atoms with Crippen LogP contribution in [0.1, 0.15) is 5.56 Å². The molecule has 5 heteroatoms. The highest BCUT2D eigenvalue weighted by atomic mass is 35.5. The molecule has 0 saturated heterocycles. The van der Waals surface area contributed by atoms with Crippen molar-refractivity contribution in [1.29, 1.82) is 0 Å². The molecule has 3 aromatic rings. The van der Waals surface area contributed by atoms with Crippen LogP contribution in [0.4, 0.5) is 0 Å². The van der Waals surface area contributed by atoms with Crippen LogP contribution in [-0.2, 0) is 5.88 Å². The number of halogens is 3. The Morgan fingerprint density at radius 1 is 0.952 bits per heavy atom. The summed E-state index contributed by atoms with van der Waals surface area (Å²) in [5.74, 6) is 0.347. The fourth-order valence-electron chi connectivity index (χ4n) is 2.10. The van der Waals surface area contributed by atoms with Gasteiger partial charge in [-0.25, -0.2) is 4.68 Å². The van der Waals surface area contributed by atoms with Gasteiger partial charge < -0.3 is 0 Å². The van der Waals surface area contributed by atoms with Crippen LogP contribution in [0.2, 0.25) is 10.2 Å². The van der Waals surface area contributed by atoms with Gasteiger partial charge in [0.25, 0.3) is 0 Å². The first-order valence-corrected chi connectivity index (χ1v) is 7.63. The quantitative estimate of drug-likeness (QED) is 0.570. The monoisotopic (exact) mass is 336 g/mol. The first-order valence-electron chi connectivity index (χ1n) is 6.34. The summed E-state index contributed by atoms with van der Waals surface area (Å²) in [7, 11) is 0. The van der Waals surface area contributed by atoms with Gasteiger partial charge >= 0.3 is 0 Å². The normalized spacial score (nSPS) is 10.8. The van der Waals surface area contributed by atoms with Crippen molar-refractivity contribution in [3.05, 3.63) is 70.5 Å². The van der Waals surface area contributed by atoms with E-state index >= 15 is 0 Å². The molecule has 0 aliphatic carbocycles. The van der Waals surface area contributed by atoms with E-state index in [0.29, 0.717) is 11.0 Å². The molecule has 0 amide bonds. The van der Waals surface area contributed by atoms with E-state index in [1.807, 2.05) is 48.5 Å². The molecule has 1 aromatic heterocycles. The third-order valence-corrected chi connectivity index (χ3v) is 4.12. The molecule has 0 saturated carbocycles. The van der Waals surface area contributed by atoms with E-state index in [1.54, 1.807) is 10.9 Å². The minimum atomic E-state index is 0.347. The molecule has 106 valence electrons. The summed E-state index contributed by atoms with van der Waals surface area (Å²) in [6.45, 7) is 0. The van der Waals surface area contributed by atoms with Crippen molar-refractivity contribution in [3.8, 4) is 16.8 Å². The highest BCUT2D eigenvalue weighted by molar-refractivity contribution is 6.31. The van der Waals surface area contributed by atoms with Crippen molar-refractivity contribution in [2.45, 2.75) is 5.88 Å². The SMILES string of the molecule is ClCc1cnn(-c2ccc(-c3cccc(Cl)c3)cc2)c1Cl. The van der Waals surface area contributed by atoms with Crippen molar-refractivity contribution in [1.82, 2.24) is 9.78 Å². The average Bonchev–Trinajstić information content (AvgIpc) is 2.88. The molecular weight excluding hydrogens is 327 g/mol. The van der Waals surface area contributed by atoms with Crippen LogP contribution >= 0.6 is 34.8 Å². The zero-order valence-corrected chi connectivity index (χ0v) is 13.2. The van der Waals surface area contributed by atoms with Crippen LogP contribution in [0.25, 0.3) is 16.8 Å². The minimum absolute atomic E-state index is 0.347. The van der Waals surface area contributed by atoms with Gasteiger partial charge in [-0.3, -0.25) is 0 Å². The molecule has 0 unspecified atom stereocenters. The van der Waals surface area contributed by atoms with Crippen molar-refractivity contribution >= 4 is 34.8 Å². The van der Waals surface area contributed by atoms with E-state index in [0.717, 1.165) is 27.4 Å². The Morgan fingerprint density at radius 3 is 2.33 bits per heavy atom. The van der Waals surface area contributed by atoms with E-state index in [4.69, 9.17) is 34.8 Å². The van der Waals surface area contributed by atoms with Gasteiger partial charge in [-0.1, -0.05) is 47.5 Å². The van der Waals surface area contributed by atoms with Gasteiger partial charge in [0.2, 0.25) is 0 Å². The van der Waals surface area contributed by atoms with Crippen molar-refractivity contribution in [3.63, 3.8) is 0 Å². The largest absolute Gasteiger partial charge is 0.222 e. The summed E-state index contributed by atoms with van der Waals surface area (Å²) in [6.07, 6.45) is 1.68. The molecule has 0 radical (unpaired) electrons. The number of hydrogen-bond donors (Lipinski definition) is 0. The Balaban J connectivity index is 1.95. The molecule has 0 N–H and O–H groups in total. The molecule has 0 atom stereocenters. The lowest BCUT2D eigenvalue weighted by atomic mass is 10.1. The van der Waals surface area contributed by atoms with Gasteiger partial charge in [0, 0.05) is 10.6 Å². The van der Waals surface area contributed by atoms with E-state index in [1.165, 1.54) is 0 Å². The Bertz CT molecular complexity index is 763. The van der Waals surface area contributed by atoms with Crippen LogP contribution < -0.4 is 0 Å². The van der Waals surface area contributed by atoms with Crippen LogP contribution in [0.3, 0.4) is 0 Å². The summed E-state index contributed by atoms with van der Waals surface area (Å²) in [4.78, 5) is 0. The Morgan fingerprint density at radius 2 is 1.71 bits per heavy atom. The first-order chi connectivity index (χ1) is 10.2. The van der Waals surface area contributed by atoms with Crippen LogP contribution in [0.5, 0.6) is 0 Å².